The average Bonchev–Trinajstić information content (AvgIpc) is 2.27. The van der Waals surface area contributed by atoms with E-state index >= 15 is 0 Å². The molecule has 1 rings (SSSR count). The lowest BCUT2D eigenvalue weighted by molar-refractivity contribution is 0.101. The number of benzene rings is 1. The van der Waals surface area contributed by atoms with Gasteiger partial charge in [0.15, 0.2) is 0 Å². The molecular formula is C13H23NOSi. The van der Waals surface area contributed by atoms with Gasteiger partial charge in [0, 0.05) is 12.6 Å². The summed E-state index contributed by atoms with van der Waals surface area (Å²) in [6.45, 7) is 7.45. The highest BCUT2D eigenvalue weighted by molar-refractivity contribution is 5.98. The second kappa shape index (κ2) is 6.18. The van der Waals surface area contributed by atoms with Crippen molar-refractivity contribution in [1.82, 2.24) is 5.32 Å². The maximum atomic E-state index is 5.56. The topological polar surface area (TPSA) is 21.3 Å². The zero-order valence-corrected chi connectivity index (χ0v) is 12.8. The minimum atomic E-state index is 0.00925. The second-order valence-corrected chi connectivity index (χ2v) is 5.34. The molecular weight excluding hydrogens is 214 g/mol. The third kappa shape index (κ3) is 4.92. The molecule has 1 aromatic carbocycles. The summed E-state index contributed by atoms with van der Waals surface area (Å²) in [6.07, 6.45) is 1.04. The molecule has 0 heterocycles. The summed E-state index contributed by atoms with van der Waals surface area (Å²) in [4.78, 5) is 0. The van der Waals surface area contributed by atoms with E-state index in [1.807, 2.05) is 6.07 Å². The quantitative estimate of drug-likeness (QED) is 0.759. The van der Waals surface area contributed by atoms with E-state index in [2.05, 4.69) is 50.4 Å². The lowest BCUT2D eigenvalue weighted by atomic mass is 10.00. The number of rotatable bonds is 6. The van der Waals surface area contributed by atoms with Crippen molar-refractivity contribution in [2.24, 2.45) is 0 Å². The van der Waals surface area contributed by atoms with Crippen molar-refractivity contribution in [3.8, 4) is 0 Å². The van der Waals surface area contributed by atoms with Gasteiger partial charge in [-0.1, -0.05) is 30.3 Å². The Hall–Kier alpha value is -0.643. The van der Waals surface area contributed by atoms with Crippen LogP contribution in [0.3, 0.4) is 0 Å². The number of hydrogen-bond acceptors (Lipinski definition) is 2. The van der Waals surface area contributed by atoms with Crippen LogP contribution in [0.5, 0.6) is 0 Å². The van der Waals surface area contributed by atoms with Crippen molar-refractivity contribution in [1.29, 1.82) is 0 Å². The fourth-order valence-electron chi connectivity index (χ4n) is 1.78. The van der Waals surface area contributed by atoms with Crippen molar-refractivity contribution in [3.05, 3.63) is 35.9 Å². The van der Waals surface area contributed by atoms with Crippen LogP contribution in [-0.2, 0) is 11.0 Å². The van der Waals surface area contributed by atoms with Crippen molar-refractivity contribution in [2.75, 3.05) is 0 Å². The van der Waals surface area contributed by atoms with Crippen LogP contribution in [0.15, 0.2) is 30.3 Å². The lowest BCUT2D eigenvalue weighted by Gasteiger charge is -2.27. The largest absolute Gasteiger partial charge is 0.423 e. The minimum Gasteiger partial charge on any atom is -0.423 e. The van der Waals surface area contributed by atoms with Crippen molar-refractivity contribution >= 4 is 10.5 Å². The van der Waals surface area contributed by atoms with E-state index in [0.717, 1.165) is 23.5 Å². The van der Waals surface area contributed by atoms with E-state index < -0.39 is 0 Å². The molecule has 1 atom stereocenters. The van der Waals surface area contributed by atoms with E-state index in [9.17, 15) is 0 Å². The summed E-state index contributed by atoms with van der Waals surface area (Å²) in [7, 11) is 0.805. The van der Waals surface area contributed by atoms with Gasteiger partial charge in [0.25, 0.3) is 0 Å². The molecule has 1 unspecified atom stereocenters. The highest BCUT2D eigenvalue weighted by Gasteiger charge is 2.18. The Balaban J connectivity index is 2.33. The van der Waals surface area contributed by atoms with Gasteiger partial charge in [-0.25, -0.2) is 0 Å². The molecule has 0 aromatic heterocycles. The predicted octanol–water partition coefficient (Wildman–Crippen LogP) is 1.63. The Morgan fingerprint density at radius 1 is 1.31 bits per heavy atom. The molecule has 90 valence electrons. The van der Waals surface area contributed by atoms with Crippen molar-refractivity contribution in [2.45, 2.75) is 45.4 Å². The van der Waals surface area contributed by atoms with Gasteiger partial charge in [0.1, 0.15) is 10.5 Å². The van der Waals surface area contributed by atoms with Crippen LogP contribution in [-0.4, -0.2) is 22.1 Å². The standard InChI is InChI=1S/C13H23NOSi/c1-11(9-13(2,3)15-16)14-10-12-7-5-4-6-8-12/h4-8,11,14H,9-10H2,1-3,16H3. The first-order chi connectivity index (χ1) is 7.53. The summed E-state index contributed by atoms with van der Waals surface area (Å²) in [5, 5.41) is 3.52. The highest BCUT2D eigenvalue weighted by atomic mass is 28.2. The Kier molecular flexibility index (Phi) is 5.18. The summed E-state index contributed by atoms with van der Waals surface area (Å²) in [6, 6.07) is 11.0. The summed E-state index contributed by atoms with van der Waals surface area (Å²) in [5.74, 6) is 0. The number of nitrogens with one attached hydrogen (secondary N) is 1. The maximum absolute atomic E-state index is 5.56. The molecule has 0 aliphatic rings. The van der Waals surface area contributed by atoms with Crippen LogP contribution in [0.4, 0.5) is 0 Å². The molecule has 16 heavy (non-hydrogen) atoms. The van der Waals surface area contributed by atoms with Crippen LogP contribution in [0.25, 0.3) is 0 Å². The summed E-state index contributed by atoms with van der Waals surface area (Å²) >= 11 is 0. The third-order valence-corrected chi connectivity index (χ3v) is 3.95. The molecule has 0 aliphatic heterocycles. The zero-order valence-electron chi connectivity index (χ0n) is 10.8. The van der Waals surface area contributed by atoms with Crippen molar-refractivity contribution in [3.63, 3.8) is 0 Å². The molecule has 3 heteroatoms. The molecule has 1 aromatic rings. The molecule has 0 fully saturated rings. The summed E-state index contributed by atoms with van der Waals surface area (Å²) in [5.41, 5.74) is 1.34. The van der Waals surface area contributed by atoms with E-state index in [-0.39, 0.29) is 5.60 Å². The van der Waals surface area contributed by atoms with E-state index in [4.69, 9.17) is 4.43 Å². The van der Waals surface area contributed by atoms with Gasteiger partial charge in [-0.3, -0.25) is 0 Å². The lowest BCUT2D eigenvalue weighted by Crippen LogP contribution is -2.35. The van der Waals surface area contributed by atoms with Gasteiger partial charge in [-0.15, -0.1) is 0 Å². The zero-order chi connectivity index (χ0) is 12.0. The van der Waals surface area contributed by atoms with Gasteiger partial charge >= 0.3 is 0 Å². The van der Waals surface area contributed by atoms with Crippen LogP contribution in [0.2, 0.25) is 0 Å². The molecule has 0 saturated carbocycles. The fourth-order valence-corrected chi connectivity index (χ4v) is 1.95. The van der Waals surface area contributed by atoms with Gasteiger partial charge in [-0.2, -0.15) is 0 Å². The van der Waals surface area contributed by atoms with Crippen molar-refractivity contribution < 1.29 is 4.43 Å². The number of hydrogen-bond donors (Lipinski definition) is 1. The SMILES string of the molecule is CC(CC(C)(C)O[SiH3])NCc1ccccc1. The molecule has 0 saturated heterocycles. The van der Waals surface area contributed by atoms with Gasteiger partial charge in [0.2, 0.25) is 0 Å². The molecule has 0 spiro atoms. The van der Waals surface area contributed by atoms with Crippen LogP contribution in [0, 0.1) is 0 Å². The monoisotopic (exact) mass is 237 g/mol. The van der Waals surface area contributed by atoms with E-state index in [1.54, 1.807) is 0 Å². The average molecular weight is 237 g/mol. The molecule has 0 amide bonds. The Morgan fingerprint density at radius 2 is 1.94 bits per heavy atom. The van der Waals surface area contributed by atoms with Crippen LogP contribution >= 0.6 is 0 Å². The van der Waals surface area contributed by atoms with Crippen LogP contribution in [0.1, 0.15) is 32.8 Å². The first-order valence-corrected chi connectivity index (χ1v) is 6.67. The molecule has 0 bridgehead atoms. The molecule has 2 nitrogen and oxygen atoms in total. The Bertz CT molecular complexity index is 300. The van der Waals surface area contributed by atoms with Gasteiger partial charge in [0.05, 0.1) is 5.60 Å². The third-order valence-electron chi connectivity index (χ3n) is 2.85. The molecule has 0 radical (unpaired) electrons. The van der Waals surface area contributed by atoms with Gasteiger partial charge in [-0.05, 0) is 32.8 Å². The fraction of sp³-hybridized carbons (Fsp3) is 0.538. The normalized spacial score (nSPS) is 13.9. The molecule has 0 aliphatic carbocycles. The Morgan fingerprint density at radius 3 is 2.50 bits per heavy atom. The molecule has 1 N–H and O–H groups in total. The van der Waals surface area contributed by atoms with Crippen LogP contribution < -0.4 is 5.32 Å². The first kappa shape index (κ1) is 13.4. The highest BCUT2D eigenvalue weighted by Crippen LogP contribution is 2.15. The Labute approximate surface area is 102 Å². The second-order valence-electron chi connectivity index (χ2n) is 4.94. The smallest absolute Gasteiger partial charge is 0.146 e. The predicted molar refractivity (Wildman–Crippen MR) is 72.5 cm³/mol. The van der Waals surface area contributed by atoms with E-state index in [0.29, 0.717) is 6.04 Å². The minimum absolute atomic E-state index is 0.00925. The van der Waals surface area contributed by atoms with E-state index in [1.165, 1.54) is 5.56 Å². The summed E-state index contributed by atoms with van der Waals surface area (Å²) < 4.78 is 5.56. The van der Waals surface area contributed by atoms with Gasteiger partial charge < -0.3 is 9.74 Å². The first-order valence-electron chi connectivity index (χ1n) is 5.86. The maximum Gasteiger partial charge on any atom is 0.146 e.